The van der Waals surface area contributed by atoms with Crippen LogP contribution < -0.4 is 5.73 Å². The highest BCUT2D eigenvalue weighted by molar-refractivity contribution is 5.84. The standard InChI is InChI=1S/C16H13FN2/c17-14-5-1-11(2-6-14)12-4-8-16-13(9-12)3-7-15(10-18)19-16/h1-9H,10,18H2. The van der Waals surface area contributed by atoms with Crippen LogP contribution >= 0.6 is 0 Å². The van der Waals surface area contributed by atoms with Crippen LogP contribution in [-0.4, -0.2) is 4.98 Å². The lowest BCUT2D eigenvalue weighted by Crippen LogP contribution is -1.98. The maximum atomic E-state index is 12.9. The summed E-state index contributed by atoms with van der Waals surface area (Å²) >= 11 is 0. The van der Waals surface area contributed by atoms with E-state index < -0.39 is 0 Å². The van der Waals surface area contributed by atoms with Crippen LogP contribution in [-0.2, 0) is 6.54 Å². The molecule has 0 amide bonds. The summed E-state index contributed by atoms with van der Waals surface area (Å²) < 4.78 is 12.9. The first-order valence-corrected chi connectivity index (χ1v) is 6.12. The lowest BCUT2D eigenvalue weighted by atomic mass is 10.0. The van der Waals surface area contributed by atoms with E-state index in [9.17, 15) is 4.39 Å². The van der Waals surface area contributed by atoms with Gasteiger partial charge in [0.15, 0.2) is 0 Å². The molecule has 3 aromatic rings. The SMILES string of the molecule is NCc1ccc2cc(-c3ccc(F)cc3)ccc2n1. The maximum Gasteiger partial charge on any atom is 0.123 e. The summed E-state index contributed by atoms with van der Waals surface area (Å²) in [6, 6.07) is 16.4. The van der Waals surface area contributed by atoms with E-state index in [1.165, 1.54) is 12.1 Å². The predicted octanol–water partition coefficient (Wildman–Crippen LogP) is 3.50. The summed E-state index contributed by atoms with van der Waals surface area (Å²) in [5.41, 5.74) is 9.42. The number of rotatable bonds is 2. The van der Waals surface area contributed by atoms with E-state index in [-0.39, 0.29) is 5.82 Å². The number of aromatic nitrogens is 1. The van der Waals surface area contributed by atoms with E-state index in [0.717, 1.165) is 27.7 Å². The molecule has 0 radical (unpaired) electrons. The molecule has 0 aliphatic heterocycles. The zero-order chi connectivity index (χ0) is 13.2. The van der Waals surface area contributed by atoms with Gasteiger partial charge in [0.2, 0.25) is 0 Å². The topological polar surface area (TPSA) is 38.9 Å². The van der Waals surface area contributed by atoms with Gasteiger partial charge >= 0.3 is 0 Å². The van der Waals surface area contributed by atoms with Crippen molar-refractivity contribution in [3.05, 3.63) is 66.1 Å². The van der Waals surface area contributed by atoms with Gasteiger partial charge in [-0.05, 0) is 41.5 Å². The molecule has 2 N–H and O–H groups in total. The second kappa shape index (κ2) is 4.78. The number of nitrogens with two attached hydrogens (primary N) is 1. The number of hydrogen-bond donors (Lipinski definition) is 1. The molecular formula is C16H13FN2. The second-order valence-electron chi connectivity index (χ2n) is 4.42. The number of hydrogen-bond acceptors (Lipinski definition) is 2. The molecular weight excluding hydrogens is 239 g/mol. The molecule has 0 spiro atoms. The van der Waals surface area contributed by atoms with Crippen LogP contribution in [0.3, 0.4) is 0 Å². The molecule has 2 nitrogen and oxygen atoms in total. The Labute approximate surface area is 110 Å². The third-order valence-electron chi connectivity index (χ3n) is 3.13. The molecule has 1 aromatic heterocycles. The van der Waals surface area contributed by atoms with Gasteiger partial charge in [-0.2, -0.15) is 0 Å². The van der Waals surface area contributed by atoms with Crippen LogP contribution in [0.25, 0.3) is 22.0 Å². The van der Waals surface area contributed by atoms with Crippen LogP contribution in [0.5, 0.6) is 0 Å². The average molecular weight is 252 g/mol. The van der Waals surface area contributed by atoms with E-state index in [1.54, 1.807) is 12.1 Å². The molecule has 0 bridgehead atoms. The van der Waals surface area contributed by atoms with Crippen LogP contribution in [0.4, 0.5) is 4.39 Å². The van der Waals surface area contributed by atoms with Crippen molar-refractivity contribution in [3.63, 3.8) is 0 Å². The number of nitrogens with zero attached hydrogens (tertiary/aromatic N) is 1. The molecule has 0 aliphatic carbocycles. The summed E-state index contributed by atoms with van der Waals surface area (Å²) in [4.78, 5) is 4.46. The van der Waals surface area contributed by atoms with Gasteiger partial charge in [-0.15, -0.1) is 0 Å². The summed E-state index contributed by atoms with van der Waals surface area (Å²) in [7, 11) is 0. The highest BCUT2D eigenvalue weighted by Crippen LogP contribution is 2.24. The summed E-state index contributed by atoms with van der Waals surface area (Å²) in [5, 5.41) is 1.05. The Morgan fingerprint density at radius 2 is 1.63 bits per heavy atom. The second-order valence-corrected chi connectivity index (χ2v) is 4.42. The lowest BCUT2D eigenvalue weighted by Gasteiger charge is -2.05. The first kappa shape index (κ1) is 11.8. The zero-order valence-corrected chi connectivity index (χ0v) is 10.3. The number of benzene rings is 2. The third-order valence-corrected chi connectivity index (χ3v) is 3.13. The summed E-state index contributed by atoms with van der Waals surface area (Å²) in [6.07, 6.45) is 0. The van der Waals surface area contributed by atoms with E-state index >= 15 is 0 Å². The van der Waals surface area contributed by atoms with Gasteiger partial charge in [0.25, 0.3) is 0 Å². The Kier molecular flexibility index (Phi) is 2.97. The first-order chi connectivity index (χ1) is 9.26. The quantitative estimate of drug-likeness (QED) is 0.758. The van der Waals surface area contributed by atoms with Crippen molar-refractivity contribution in [1.29, 1.82) is 0 Å². The van der Waals surface area contributed by atoms with Crippen molar-refractivity contribution < 1.29 is 4.39 Å². The molecule has 0 fully saturated rings. The van der Waals surface area contributed by atoms with E-state index in [4.69, 9.17) is 5.73 Å². The summed E-state index contributed by atoms with van der Waals surface area (Å²) in [6.45, 7) is 0.440. The van der Waals surface area contributed by atoms with Gasteiger partial charge in [0, 0.05) is 11.9 Å². The Hall–Kier alpha value is -2.26. The molecule has 3 heteroatoms. The van der Waals surface area contributed by atoms with Crippen LogP contribution in [0.1, 0.15) is 5.69 Å². The Bertz CT molecular complexity index is 720. The highest BCUT2D eigenvalue weighted by Gasteiger charge is 2.02. The molecule has 94 valence electrons. The highest BCUT2D eigenvalue weighted by atomic mass is 19.1. The molecule has 0 unspecified atom stereocenters. The maximum absolute atomic E-state index is 12.9. The fourth-order valence-corrected chi connectivity index (χ4v) is 2.10. The van der Waals surface area contributed by atoms with E-state index in [1.807, 2.05) is 24.3 Å². The molecule has 0 saturated carbocycles. The smallest absolute Gasteiger partial charge is 0.123 e. The Morgan fingerprint density at radius 3 is 2.37 bits per heavy atom. The Morgan fingerprint density at radius 1 is 0.895 bits per heavy atom. The van der Waals surface area contributed by atoms with Gasteiger partial charge in [0.05, 0.1) is 11.2 Å². The van der Waals surface area contributed by atoms with Crippen LogP contribution in [0.15, 0.2) is 54.6 Å². The van der Waals surface area contributed by atoms with Crippen LogP contribution in [0, 0.1) is 5.82 Å². The monoisotopic (exact) mass is 252 g/mol. The first-order valence-electron chi connectivity index (χ1n) is 6.12. The molecule has 0 aliphatic rings. The number of fused-ring (bicyclic) bond motifs is 1. The van der Waals surface area contributed by atoms with Crippen molar-refractivity contribution in [2.24, 2.45) is 5.73 Å². The average Bonchev–Trinajstić information content (AvgIpc) is 2.47. The van der Waals surface area contributed by atoms with Gasteiger partial charge in [-0.3, -0.25) is 4.98 Å². The molecule has 1 heterocycles. The van der Waals surface area contributed by atoms with Crippen molar-refractivity contribution in [2.75, 3.05) is 0 Å². The predicted molar refractivity (Wildman–Crippen MR) is 75.0 cm³/mol. The summed E-state index contributed by atoms with van der Waals surface area (Å²) in [5.74, 6) is -0.223. The fourth-order valence-electron chi connectivity index (χ4n) is 2.10. The van der Waals surface area contributed by atoms with E-state index in [2.05, 4.69) is 11.1 Å². The zero-order valence-electron chi connectivity index (χ0n) is 10.3. The normalized spacial score (nSPS) is 10.8. The minimum atomic E-state index is -0.223. The van der Waals surface area contributed by atoms with Crippen molar-refractivity contribution in [1.82, 2.24) is 4.98 Å². The molecule has 19 heavy (non-hydrogen) atoms. The Balaban J connectivity index is 2.08. The molecule has 0 saturated heterocycles. The minimum absolute atomic E-state index is 0.223. The van der Waals surface area contributed by atoms with Crippen LogP contribution in [0.2, 0.25) is 0 Å². The number of halogens is 1. The van der Waals surface area contributed by atoms with Gasteiger partial charge < -0.3 is 5.73 Å². The van der Waals surface area contributed by atoms with Crippen molar-refractivity contribution >= 4 is 10.9 Å². The minimum Gasteiger partial charge on any atom is -0.325 e. The van der Waals surface area contributed by atoms with E-state index in [0.29, 0.717) is 6.54 Å². The van der Waals surface area contributed by atoms with Crippen molar-refractivity contribution in [2.45, 2.75) is 6.54 Å². The van der Waals surface area contributed by atoms with Gasteiger partial charge in [0.1, 0.15) is 5.82 Å². The number of pyridine rings is 1. The lowest BCUT2D eigenvalue weighted by molar-refractivity contribution is 0.628. The molecule has 2 aromatic carbocycles. The van der Waals surface area contributed by atoms with Gasteiger partial charge in [-0.25, -0.2) is 4.39 Å². The molecule has 3 rings (SSSR count). The van der Waals surface area contributed by atoms with Crippen molar-refractivity contribution in [3.8, 4) is 11.1 Å². The van der Waals surface area contributed by atoms with Gasteiger partial charge in [-0.1, -0.05) is 24.3 Å². The third kappa shape index (κ3) is 2.33. The fraction of sp³-hybridized carbons (Fsp3) is 0.0625. The molecule has 0 atom stereocenters. The largest absolute Gasteiger partial charge is 0.325 e.